The van der Waals surface area contributed by atoms with E-state index in [4.69, 9.17) is 4.74 Å². The second-order valence-corrected chi connectivity index (χ2v) is 6.17. The Morgan fingerprint density at radius 3 is 2.84 bits per heavy atom. The predicted molar refractivity (Wildman–Crippen MR) is 76.2 cm³/mol. The maximum atomic E-state index is 11.9. The van der Waals surface area contributed by atoms with Crippen LogP contribution in [0, 0.1) is 0 Å². The largest absolute Gasteiger partial charge is 0.445 e. The van der Waals surface area contributed by atoms with Crippen LogP contribution in [0.3, 0.4) is 0 Å². The van der Waals surface area contributed by atoms with E-state index in [1.807, 2.05) is 30.3 Å². The van der Waals surface area contributed by atoms with Crippen LogP contribution in [0.1, 0.15) is 18.9 Å². The average molecular weight is 328 g/mol. The molecule has 0 spiro atoms. The van der Waals surface area contributed by atoms with E-state index in [0.29, 0.717) is 19.5 Å². The van der Waals surface area contributed by atoms with Crippen molar-refractivity contribution in [2.24, 2.45) is 0 Å². The average Bonchev–Trinajstić information content (AvgIpc) is 2.40. The number of benzene rings is 1. The lowest BCUT2D eigenvalue weighted by Gasteiger charge is -2.39. The van der Waals surface area contributed by atoms with E-state index in [-0.39, 0.29) is 17.5 Å². The lowest BCUT2D eigenvalue weighted by molar-refractivity contribution is 0.000950. The summed E-state index contributed by atoms with van der Waals surface area (Å²) in [5.41, 5.74) is 0.200. The summed E-state index contributed by atoms with van der Waals surface area (Å²) in [5, 5.41) is 10.0. The van der Waals surface area contributed by atoms with Crippen molar-refractivity contribution in [3.63, 3.8) is 0 Å². The quantitative estimate of drug-likeness (QED) is 0.849. The monoisotopic (exact) mass is 327 g/mol. The molecule has 104 valence electrons. The number of carbonyl (C=O) groups is 1. The van der Waals surface area contributed by atoms with E-state index in [0.717, 1.165) is 5.56 Å². The number of halogens is 1. The normalized spacial score (nSPS) is 27.1. The molecular weight excluding hydrogens is 310 g/mol. The van der Waals surface area contributed by atoms with Crippen LogP contribution in [0.2, 0.25) is 0 Å². The van der Waals surface area contributed by atoms with Gasteiger partial charge in [0.25, 0.3) is 0 Å². The van der Waals surface area contributed by atoms with E-state index in [1.165, 1.54) is 0 Å². The molecule has 1 heterocycles. The fourth-order valence-electron chi connectivity index (χ4n) is 1.98. The summed E-state index contributed by atoms with van der Waals surface area (Å²) in [4.78, 5) is 13.4. The molecular formula is C14H18BrNO3. The Hall–Kier alpha value is -1.07. The molecule has 19 heavy (non-hydrogen) atoms. The Morgan fingerprint density at radius 1 is 1.53 bits per heavy atom. The van der Waals surface area contributed by atoms with Crippen LogP contribution in [0.4, 0.5) is 4.79 Å². The van der Waals surface area contributed by atoms with Gasteiger partial charge in [0.1, 0.15) is 6.61 Å². The molecule has 1 aliphatic rings. The zero-order valence-corrected chi connectivity index (χ0v) is 12.5. The van der Waals surface area contributed by atoms with Gasteiger partial charge in [-0.2, -0.15) is 0 Å². The third kappa shape index (κ3) is 3.70. The van der Waals surface area contributed by atoms with Crippen LogP contribution in [0.5, 0.6) is 0 Å². The Balaban J connectivity index is 1.84. The minimum Gasteiger partial charge on any atom is -0.445 e. The first kappa shape index (κ1) is 14.3. The molecule has 1 saturated heterocycles. The molecule has 0 radical (unpaired) electrons. The summed E-state index contributed by atoms with van der Waals surface area (Å²) in [6.07, 6.45) is 0.215. The molecule has 0 saturated carbocycles. The van der Waals surface area contributed by atoms with Crippen LogP contribution in [-0.4, -0.2) is 39.6 Å². The smallest absolute Gasteiger partial charge is 0.410 e. The molecule has 1 aliphatic heterocycles. The Labute approximate surface area is 121 Å². The molecule has 1 fully saturated rings. The lowest BCUT2D eigenvalue weighted by Crippen LogP contribution is -2.52. The van der Waals surface area contributed by atoms with Gasteiger partial charge in [0.2, 0.25) is 0 Å². The van der Waals surface area contributed by atoms with Gasteiger partial charge < -0.3 is 14.7 Å². The summed E-state index contributed by atoms with van der Waals surface area (Å²) in [6, 6.07) is 9.59. The molecule has 2 atom stereocenters. The van der Waals surface area contributed by atoms with E-state index in [1.54, 1.807) is 11.8 Å². The summed E-state index contributed by atoms with van der Waals surface area (Å²) < 4.78 is 5.27. The van der Waals surface area contributed by atoms with Crippen LogP contribution in [0.25, 0.3) is 0 Å². The zero-order chi connectivity index (χ0) is 13.9. The molecule has 2 rings (SSSR count). The van der Waals surface area contributed by atoms with Crippen molar-refractivity contribution in [2.75, 3.05) is 13.1 Å². The highest BCUT2D eigenvalue weighted by atomic mass is 79.9. The highest BCUT2D eigenvalue weighted by Crippen LogP contribution is 2.27. The molecule has 5 heteroatoms. The number of amides is 1. The number of alkyl halides is 1. The van der Waals surface area contributed by atoms with Gasteiger partial charge in [-0.25, -0.2) is 4.79 Å². The fraction of sp³-hybridized carbons (Fsp3) is 0.500. The second-order valence-electron chi connectivity index (χ2n) is 5.06. The molecule has 0 aliphatic carbocycles. The highest BCUT2D eigenvalue weighted by molar-refractivity contribution is 9.09. The number of hydrogen-bond donors (Lipinski definition) is 1. The topological polar surface area (TPSA) is 49.8 Å². The van der Waals surface area contributed by atoms with Gasteiger partial charge in [-0.1, -0.05) is 46.3 Å². The van der Waals surface area contributed by atoms with Gasteiger partial charge >= 0.3 is 6.09 Å². The predicted octanol–water partition coefficient (Wildman–Crippen LogP) is 2.54. The number of likely N-dealkylation sites (tertiary alicyclic amines) is 1. The number of nitrogens with zero attached hydrogens (tertiary/aromatic N) is 1. The van der Waals surface area contributed by atoms with Crippen molar-refractivity contribution in [1.82, 2.24) is 4.90 Å². The van der Waals surface area contributed by atoms with Gasteiger partial charge in [0.15, 0.2) is 0 Å². The van der Waals surface area contributed by atoms with Crippen molar-refractivity contribution in [3.05, 3.63) is 35.9 Å². The summed E-state index contributed by atoms with van der Waals surface area (Å²) in [6.45, 7) is 3.03. The van der Waals surface area contributed by atoms with E-state index < -0.39 is 5.60 Å². The Bertz CT molecular complexity index is 436. The lowest BCUT2D eigenvalue weighted by atomic mass is 9.94. The van der Waals surface area contributed by atoms with E-state index >= 15 is 0 Å². The minimum atomic E-state index is -0.768. The van der Waals surface area contributed by atoms with Crippen molar-refractivity contribution in [2.45, 2.75) is 30.4 Å². The molecule has 1 aromatic rings. The highest BCUT2D eigenvalue weighted by Gasteiger charge is 2.37. The van der Waals surface area contributed by atoms with Crippen molar-refractivity contribution in [3.8, 4) is 0 Å². The second kappa shape index (κ2) is 5.92. The van der Waals surface area contributed by atoms with Crippen LogP contribution in [-0.2, 0) is 11.3 Å². The number of aliphatic hydroxyl groups is 1. The summed E-state index contributed by atoms with van der Waals surface area (Å²) in [7, 11) is 0. The van der Waals surface area contributed by atoms with Crippen molar-refractivity contribution >= 4 is 22.0 Å². The first-order chi connectivity index (χ1) is 8.99. The zero-order valence-electron chi connectivity index (χ0n) is 10.9. The van der Waals surface area contributed by atoms with Crippen molar-refractivity contribution in [1.29, 1.82) is 0 Å². The first-order valence-electron chi connectivity index (χ1n) is 6.31. The van der Waals surface area contributed by atoms with E-state index in [2.05, 4.69) is 15.9 Å². The maximum Gasteiger partial charge on any atom is 0.410 e. The first-order valence-corrected chi connectivity index (χ1v) is 7.23. The molecule has 0 aromatic heterocycles. The number of hydrogen-bond acceptors (Lipinski definition) is 3. The van der Waals surface area contributed by atoms with Crippen LogP contribution < -0.4 is 0 Å². The maximum absolute atomic E-state index is 11.9. The minimum absolute atomic E-state index is 0.127. The fourth-order valence-corrected chi connectivity index (χ4v) is 2.55. The van der Waals surface area contributed by atoms with Gasteiger partial charge in [-0.05, 0) is 18.9 Å². The van der Waals surface area contributed by atoms with E-state index in [9.17, 15) is 9.90 Å². The van der Waals surface area contributed by atoms with Crippen LogP contribution in [0.15, 0.2) is 30.3 Å². The van der Waals surface area contributed by atoms with Gasteiger partial charge in [0, 0.05) is 13.1 Å². The molecule has 1 amide bonds. The molecule has 1 aromatic carbocycles. The Kier molecular flexibility index (Phi) is 4.47. The third-order valence-electron chi connectivity index (χ3n) is 3.41. The van der Waals surface area contributed by atoms with Gasteiger partial charge in [-0.15, -0.1) is 0 Å². The summed E-state index contributed by atoms with van der Waals surface area (Å²) >= 11 is 3.42. The van der Waals surface area contributed by atoms with Crippen LogP contribution >= 0.6 is 15.9 Å². The number of rotatable bonds is 2. The van der Waals surface area contributed by atoms with Gasteiger partial charge in [0.05, 0.1) is 10.4 Å². The van der Waals surface area contributed by atoms with Crippen molar-refractivity contribution < 1.29 is 14.6 Å². The number of carbonyl (C=O) groups excluding carboxylic acids is 1. The molecule has 1 N–H and O–H groups in total. The third-order valence-corrected chi connectivity index (χ3v) is 4.68. The SMILES string of the molecule is CC1(O)CCN(C(=O)OCc2ccccc2)CC1Br. The van der Waals surface area contributed by atoms with Gasteiger partial charge in [-0.3, -0.25) is 0 Å². The molecule has 2 unspecified atom stereocenters. The number of piperidine rings is 1. The molecule has 4 nitrogen and oxygen atoms in total. The molecule has 0 bridgehead atoms. The Morgan fingerprint density at radius 2 is 2.21 bits per heavy atom. The number of ether oxygens (including phenoxy) is 1. The standard InChI is InChI=1S/C14H18BrNO3/c1-14(18)7-8-16(9-12(14)15)13(17)19-10-11-5-3-2-4-6-11/h2-6,12,18H,7-10H2,1H3. The summed E-state index contributed by atoms with van der Waals surface area (Å²) in [5.74, 6) is 0.